The summed E-state index contributed by atoms with van der Waals surface area (Å²) in [6.07, 6.45) is 0. The van der Waals surface area contributed by atoms with Gasteiger partial charge in [-0.3, -0.25) is 0 Å². The number of benzene rings is 14. The van der Waals surface area contributed by atoms with Crippen LogP contribution < -0.4 is 0 Å². The van der Waals surface area contributed by atoms with Gasteiger partial charge in [-0.25, -0.2) is 29.9 Å². The van der Waals surface area contributed by atoms with Gasteiger partial charge in [0.2, 0.25) is 0 Å². The van der Waals surface area contributed by atoms with Crippen molar-refractivity contribution in [2.24, 2.45) is 0 Å². The van der Waals surface area contributed by atoms with Crippen LogP contribution in [0, 0.1) is 13.8 Å². The molecular weight excluding hydrogens is 1190 g/mol. The molecule has 4 heterocycles. The van der Waals surface area contributed by atoms with Crippen LogP contribution in [-0.2, 0) is 0 Å². The van der Waals surface area contributed by atoms with Crippen LogP contribution in [0.15, 0.2) is 340 Å². The maximum Gasteiger partial charge on any atom is 0.160 e. The molecule has 0 saturated carbocycles. The molecule has 0 aliphatic heterocycles. The van der Waals surface area contributed by atoms with Crippen molar-refractivity contribution in [1.82, 2.24) is 29.9 Å². The van der Waals surface area contributed by atoms with Gasteiger partial charge in [0.25, 0.3) is 0 Å². The van der Waals surface area contributed by atoms with Crippen LogP contribution >= 0.6 is 0 Å². The van der Waals surface area contributed by atoms with E-state index in [2.05, 4.69) is 341 Å². The van der Waals surface area contributed by atoms with Gasteiger partial charge in [0, 0.05) is 76.8 Å². The van der Waals surface area contributed by atoms with Crippen LogP contribution in [0.4, 0.5) is 0 Å². The van der Waals surface area contributed by atoms with E-state index < -0.39 is 0 Å². The minimum Gasteiger partial charge on any atom is -0.247 e. The fourth-order valence-corrected chi connectivity index (χ4v) is 13.6. The van der Waals surface area contributed by atoms with Crippen molar-refractivity contribution in [3.8, 4) is 113 Å². The SMILES string of the molecule is Cc1ccc(-c2cc(-c3ccc(-c4cccc5c(-c6ccccc6)nc6ccccc6c45)cc3)nc(-c3ccc(C)cc3)n2)cc1.c1ccc(-c2nc3ccccc3c3c(-c4ccc(-c5cc(-c6ccc7ccccc7c6)nc(-c6ccc7ccccc7c6)n5)cc4)cccc23)cc1. The van der Waals surface area contributed by atoms with E-state index in [-0.39, 0.29) is 0 Å². The molecule has 0 amide bonds. The number of hydrogen-bond acceptors (Lipinski definition) is 6. The Morgan fingerprint density at radius 3 is 0.980 bits per heavy atom. The third kappa shape index (κ3) is 11.5. The number of para-hydroxylation sites is 2. The quantitative estimate of drug-likeness (QED) is 0.127. The Bertz CT molecular complexity index is 5870. The summed E-state index contributed by atoms with van der Waals surface area (Å²) in [5.74, 6) is 1.43. The predicted octanol–water partition coefficient (Wildman–Crippen LogP) is 23.9. The van der Waals surface area contributed by atoms with Gasteiger partial charge in [0.05, 0.1) is 45.2 Å². The van der Waals surface area contributed by atoms with Gasteiger partial charge in [0.15, 0.2) is 11.6 Å². The molecule has 0 bridgehead atoms. The predicted molar refractivity (Wildman–Crippen MR) is 409 cm³/mol. The number of nitrogens with zero attached hydrogens (tertiary/aromatic N) is 6. The molecule has 0 aliphatic carbocycles. The smallest absolute Gasteiger partial charge is 0.160 e. The summed E-state index contributed by atoms with van der Waals surface area (Å²) in [6, 6.07) is 120. The lowest BCUT2D eigenvalue weighted by Gasteiger charge is -2.15. The number of rotatable bonds is 10. The molecule has 0 atom stereocenters. The summed E-state index contributed by atoms with van der Waals surface area (Å²) in [5.41, 5.74) is 23.1. The second-order valence-corrected chi connectivity index (χ2v) is 25.1. The Morgan fingerprint density at radius 2 is 0.520 bits per heavy atom. The molecule has 6 nitrogen and oxygen atoms in total. The van der Waals surface area contributed by atoms with Crippen LogP contribution in [0.5, 0.6) is 0 Å². The van der Waals surface area contributed by atoms with Crippen molar-refractivity contribution in [3.63, 3.8) is 0 Å². The fraction of sp³-hybridized carbons (Fsp3) is 0.0217. The average molecular weight is 1250 g/mol. The zero-order chi connectivity index (χ0) is 65.5. The first-order valence-corrected chi connectivity index (χ1v) is 33.2. The highest BCUT2D eigenvalue weighted by molar-refractivity contribution is 6.18. The van der Waals surface area contributed by atoms with E-state index in [9.17, 15) is 0 Å². The highest BCUT2D eigenvalue weighted by Gasteiger charge is 2.19. The van der Waals surface area contributed by atoms with Crippen molar-refractivity contribution in [2.75, 3.05) is 0 Å². The molecule has 0 saturated heterocycles. The molecule has 18 rings (SSSR count). The summed E-state index contributed by atoms with van der Waals surface area (Å²) in [5, 5.41) is 11.8. The van der Waals surface area contributed by atoms with Gasteiger partial charge in [-0.1, -0.05) is 314 Å². The largest absolute Gasteiger partial charge is 0.247 e. The van der Waals surface area contributed by atoms with E-state index in [0.29, 0.717) is 5.82 Å². The normalized spacial score (nSPS) is 11.4. The van der Waals surface area contributed by atoms with Gasteiger partial charge in [0.1, 0.15) is 0 Å². The number of fused-ring (bicyclic) bond motifs is 8. The highest BCUT2D eigenvalue weighted by Crippen LogP contribution is 2.42. The van der Waals surface area contributed by atoms with Gasteiger partial charge in [-0.15, -0.1) is 0 Å². The molecule has 0 aliphatic rings. The second kappa shape index (κ2) is 25.4. The molecule has 0 fully saturated rings. The molecule has 0 radical (unpaired) electrons. The minimum absolute atomic E-state index is 0.706. The van der Waals surface area contributed by atoms with Crippen LogP contribution in [0.1, 0.15) is 11.1 Å². The van der Waals surface area contributed by atoms with Gasteiger partial charge in [-0.05, 0) is 94.0 Å². The van der Waals surface area contributed by atoms with Crippen LogP contribution in [0.2, 0.25) is 0 Å². The van der Waals surface area contributed by atoms with Crippen molar-refractivity contribution in [1.29, 1.82) is 0 Å². The molecule has 14 aromatic carbocycles. The van der Waals surface area contributed by atoms with Crippen LogP contribution in [0.3, 0.4) is 0 Å². The Morgan fingerprint density at radius 1 is 0.194 bits per heavy atom. The Hall–Kier alpha value is -12.9. The summed E-state index contributed by atoms with van der Waals surface area (Å²) < 4.78 is 0. The Kier molecular flexibility index (Phi) is 15.3. The van der Waals surface area contributed by atoms with E-state index in [1.54, 1.807) is 0 Å². The van der Waals surface area contributed by atoms with E-state index >= 15 is 0 Å². The molecule has 18 aromatic rings. The number of aryl methyl sites for hydroxylation is 2. The van der Waals surface area contributed by atoms with Gasteiger partial charge >= 0.3 is 0 Å². The molecule has 98 heavy (non-hydrogen) atoms. The molecular formula is C92H62N6. The van der Waals surface area contributed by atoms with Crippen molar-refractivity contribution in [3.05, 3.63) is 351 Å². The Balaban J connectivity index is 0.000000149. The van der Waals surface area contributed by atoms with E-state index in [0.717, 1.165) is 128 Å². The number of aromatic nitrogens is 6. The lowest BCUT2D eigenvalue weighted by Crippen LogP contribution is -1.96. The minimum atomic E-state index is 0.706. The lowest BCUT2D eigenvalue weighted by molar-refractivity contribution is 1.18. The molecule has 0 unspecified atom stereocenters. The van der Waals surface area contributed by atoms with E-state index in [4.69, 9.17) is 29.9 Å². The van der Waals surface area contributed by atoms with Gasteiger partial charge in [-0.2, -0.15) is 0 Å². The first-order valence-electron chi connectivity index (χ1n) is 33.2. The first-order chi connectivity index (χ1) is 48.3. The maximum absolute atomic E-state index is 5.19. The third-order valence-electron chi connectivity index (χ3n) is 18.7. The van der Waals surface area contributed by atoms with Crippen LogP contribution in [-0.4, -0.2) is 29.9 Å². The topological polar surface area (TPSA) is 77.3 Å². The maximum atomic E-state index is 5.19. The van der Waals surface area contributed by atoms with E-state index in [1.165, 1.54) is 54.6 Å². The Labute approximate surface area is 568 Å². The molecule has 4 aromatic heterocycles. The molecule has 460 valence electrons. The summed E-state index contributed by atoms with van der Waals surface area (Å²) >= 11 is 0. The zero-order valence-corrected chi connectivity index (χ0v) is 54.0. The molecule has 0 N–H and O–H groups in total. The summed E-state index contributed by atoms with van der Waals surface area (Å²) in [7, 11) is 0. The third-order valence-corrected chi connectivity index (χ3v) is 18.7. The summed E-state index contributed by atoms with van der Waals surface area (Å²) in [6.45, 7) is 4.20. The average Bonchev–Trinajstić information content (AvgIpc) is 0.771. The van der Waals surface area contributed by atoms with Crippen molar-refractivity contribution >= 4 is 64.9 Å². The monoisotopic (exact) mass is 1250 g/mol. The van der Waals surface area contributed by atoms with Crippen LogP contribution in [0.25, 0.3) is 177 Å². The first kappa shape index (κ1) is 58.9. The molecule has 0 spiro atoms. The summed E-state index contributed by atoms with van der Waals surface area (Å²) in [4.78, 5) is 30.7. The lowest BCUT2D eigenvalue weighted by atomic mass is 9.92. The standard InChI is InChI=1S/C49H31N3.C43H31N3/c1-2-13-36(14-3-1)48-43-19-10-18-41(47(43)42-17-8-9-20-44(42)50-48)34-23-25-35(26-24-34)45-31-46(39-27-21-32-11-4-6-15-37(32)29-39)52-49(51-45)40-28-22-33-12-5-7-16-38(33)30-40;1-28-15-19-31(20-16-28)39-27-40(46-43(45-39)34-21-17-29(2)18-22-34)32-25-23-30(24-26-32)35-12-8-13-37-41(35)36-11-6-7-14-38(36)44-42(37)33-9-4-3-5-10-33/h1-31H;3-27H,1-2H3. The molecule has 6 heteroatoms. The number of pyridine rings is 2. The highest BCUT2D eigenvalue weighted by atomic mass is 14.9. The fourth-order valence-electron chi connectivity index (χ4n) is 13.6. The zero-order valence-electron chi connectivity index (χ0n) is 54.0. The van der Waals surface area contributed by atoms with Crippen molar-refractivity contribution in [2.45, 2.75) is 13.8 Å². The second-order valence-electron chi connectivity index (χ2n) is 25.1. The van der Waals surface area contributed by atoms with E-state index in [1.807, 2.05) is 12.1 Å². The van der Waals surface area contributed by atoms with Gasteiger partial charge < -0.3 is 0 Å². The number of hydrogen-bond donors (Lipinski definition) is 0. The van der Waals surface area contributed by atoms with Crippen molar-refractivity contribution < 1.29 is 0 Å².